The zero-order chi connectivity index (χ0) is 14.7. The number of nitrogens with two attached hydrogens (primary N) is 1. The van der Waals surface area contributed by atoms with Crippen LogP contribution in [0.1, 0.15) is 31.7 Å². The van der Waals surface area contributed by atoms with E-state index in [0.29, 0.717) is 5.69 Å². The molecule has 0 bridgehead atoms. The highest BCUT2D eigenvalue weighted by molar-refractivity contribution is 5.70. The smallest absolute Gasteiger partial charge is 0.310 e. The van der Waals surface area contributed by atoms with Crippen molar-refractivity contribution < 1.29 is 4.92 Å². The van der Waals surface area contributed by atoms with Crippen molar-refractivity contribution in [2.45, 2.75) is 38.3 Å². The zero-order valence-electron chi connectivity index (χ0n) is 11.5. The van der Waals surface area contributed by atoms with Gasteiger partial charge < -0.3 is 10.6 Å². The second-order valence-corrected chi connectivity index (χ2v) is 5.16. The Morgan fingerprint density at radius 2 is 2.30 bits per heavy atom. The molecule has 6 heteroatoms. The van der Waals surface area contributed by atoms with E-state index in [1.54, 1.807) is 12.1 Å². The van der Waals surface area contributed by atoms with Crippen LogP contribution in [0.3, 0.4) is 0 Å². The van der Waals surface area contributed by atoms with E-state index in [4.69, 9.17) is 11.0 Å². The molecule has 1 aliphatic rings. The normalized spacial score (nSPS) is 20.2. The zero-order valence-corrected chi connectivity index (χ0v) is 11.5. The van der Waals surface area contributed by atoms with Crippen molar-refractivity contribution in [3.63, 3.8) is 0 Å². The van der Waals surface area contributed by atoms with Gasteiger partial charge in [-0.15, -0.1) is 0 Å². The molecule has 1 saturated heterocycles. The van der Waals surface area contributed by atoms with Gasteiger partial charge in [0.15, 0.2) is 0 Å². The number of nitro benzene ring substituents is 1. The minimum atomic E-state index is -0.471. The van der Waals surface area contributed by atoms with Gasteiger partial charge in [-0.25, -0.2) is 0 Å². The maximum Gasteiger partial charge on any atom is 0.310 e. The fourth-order valence-corrected chi connectivity index (χ4v) is 2.85. The first-order valence-electron chi connectivity index (χ1n) is 6.76. The molecule has 0 spiro atoms. The minimum absolute atomic E-state index is 0.0688. The second kappa shape index (κ2) is 5.88. The van der Waals surface area contributed by atoms with E-state index < -0.39 is 4.92 Å². The summed E-state index contributed by atoms with van der Waals surface area (Å²) in [6, 6.07) is 6.79. The molecular weight excluding hydrogens is 256 g/mol. The Hall–Kier alpha value is -2.13. The highest BCUT2D eigenvalue weighted by Gasteiger charge is 2.31. The van der Waals surface area contributed by atoms with E-state index in [0.717, 1.165) is 25.8 Å². The average Bonchev–Trinajstić information content (AvgIpc) is 2.46. The standard InChI is InChI=1S/C14H18N4O2/c1-10(16)12-6-2-3-8-17(12)13-7-4-5-11(9-15)14(13)18(19)20/h4-5,7,10,12H,2-3,6,8,16H2,1H3. The lowest BCUT2D eigenvalue weighted by molar-refractivity contribution is -0.384. The van der Waals surface area contributed by atoms with Crippen molar-refractivity contribution in [2.24, 2.45) is 5.73 Å². The van der Waals surface area contributed by atoms with Crippen LogP contribution in [0.5, 0.6) is 0 Å². The number of anilines is 1. The Balaban J connectivity index is 2.50. The second-order valence-electron chi connectivity index (χ2n) is 5.16. The molecule has 0 aromatic heterocycles. The van der Waals surface area contributed by atoms with Gasteiger partial charge in [-0.05, 0) is 38.3 Å². The molecule has 1 heterocycles. The number of para-hydroxylation sites is 1. The summed E-state index contributed by atoms with van der Waals surface area (Å²) in [5.41, 5.74) is 6.52. The number of piperidine rings is 1. The molecule has 2 atom stereocenters. The molecule has 2 unspecified atom stereocenters. The van der Waals surface area contributed by atoms with Gasteiger partial charge in [-0.2, -0.15) is 5.26 Å². The summed E-state index contributed by atoms with van der Waals surface area (Å²) < 4.78 is 0. The maximum absolute atomic E-state index is 11.3. The third-order valence-electron chi connectivity index (χ3n) is 3.78. The summed E-state index contributed by atoms with van der Waals surface area (Å²) in [4.78, 5) is 12.8. The van der Waals surface area contributed by atoms with Crippen LogP contribution in [0.2, 0.25) is 0 Å². The third-order valence-corrected chi connectivity index (χ3v) is 3.78. The van der Waals surface area contributed by atoms with E-state index in [9.17, 15) is 10.1 Å². The lowest BCUT2D eigenvalue weighted by Gasteiger charge is -2.39. The first kappa shape index (κ1) is 14.3. The monoisotopic (exact) mass is 274 g/mol. The molecule has 6 nitrogen and oxygen atoms in total. The quantitative estimate of drug-likeness (QED) is 0.673. The summed E-state index contributed by atoms with van der Waals surface area (Å²) in [6.45, 7) is 2.66. The summed E-state index contributed by atoms with van der Waals surface area (Å²) in [5, 5.41) is 20.4. The van der Waals surface area contributed by atoms with Gasteiger partial charge in [-0.3, -0.25) is 10.1 Å². The van der Waals surface area contributed by atoms with E-state index in [2.05, 4.69) is 0 Å². The van der Waals surface area contributed by atoms with Gasteiger partial charge in [-0.1, -0.05) is 6.07 Å². The summed E-state index contributed by atoms with van der Waals surface area (Å²) in [5.74, 6) is 0. The van der Waals surface area contributed by atoms with Crippen LogP contribution >= 0.6 is 0 Å². The highest BCUT2D eigenvalue weighted by atomic mass is 16.6. The van der Waals surface area contributed by atoms with Crippen LogP contribution in [0.4, 0.5) is 11.4 Å². The maximum atomic E-state index is 11.3. The average molecular weight is 274 g/mol. The summed E-state index contributed by atoms with van der Waals surface area (Å²) in [6.07, 6.45) is 2.98. The van der Waals surface area contributed by atoms with E-state index in [1.165, 1.54) is 6.07 Å². The molecular formula is C14H18N4O2. The Morgan fingerprint density at radius 3 is 2.90 bits per heavy atom. The first-order chi connectivity index (χ1) is 9.56. The van der Waals surface area contributed by atoms with Crippen LogP contribution in [0, 0.1) is 21.4 Å². The lowest BCUT2D eigenvalue weighted by atomic mass is 9.95. The first-order valence-corrected chi connectivity index (χ1v) is 6.76. The Bertz CT molecular complexity index is 551. The fraction of sp³-hybridized carbons (Fsp3) is 0.500. The van der Waals surface area contributed by atoms with Gasteiger partial charge in [0.1, 0.15) is 17.3 Å². The molecule has 0 amide bonds. The van der Waals surface area contributed by atoms with Crippen molar-refractivity contribution in [1.82, 2.24) is 0 Å². The van der Waals surface area contributed by atoms with Crippen molar-refractivity contribution in [3.05, 3.63) is 33.9 Å². The van der Waals surface area contributed by atoms with Gasteiger partial charge in [0.2, 0.25) is 0 Å². The van der Waals surface area contributed by atoms with Crippen molar-refractivity contribution in [1.29, 1.82) is 5.26 Å². The van der Waals surface area contributed by atoms with Crippen LogP contribution in [-0.2, 0) is 0 Å². The Morgan fingerprint density at radius 1 is 1.55 bits per heavy atom. The predicted molar refractivity (Wildman–Crippen MR) is 76.4 cm³/mol. The predicted octanol–water partition coefficient (Wildman–Crippen LogP) is 2.17. The molecule has 0 aliphatic carbocycles. The molecule has 1 aromatic carbocycles. The van der Waals surface area contributed by atoms with Crippen molar-refractivity contribution in [3.8, 4) is 6.07 Å². The molecule has 0 radical (unpaired) electrons. The van der Waals surface area contributed by atoms with Gasteiger partial charge in [0.25, 0.3) is 0 Å². The van der Waals surface area contributed by atoms with Crippen LogP contribution < -0.4 is 10.6 Å². The number of nitriles is 1. The Labute approximate surface area is 117 Å². The number of nitro groups is 1. The number of hydrogen-bond donors (Lipinski definition) is 1. The summed E-state index contributed by atoms with van der Waals surface area (Å²) >= 11 is 0. The number of rotatable bonds is 3. The molecule has 20 heavy (non-hydrogen) atoms. The van der Waals surface area contributed by atoms with Gasteiger partial charge >= 0.3 is 5.69 Å². The van der Waals surface area contributed by atoms with Crippen LogP contribution in [0.15, 0.2) is 18.2 Å². The minimum Gasteiger partial charge on any atom is -0.361 e. The topological polar surface area (TPSA) is 96.2 Å². The summed E-state index contributed by atoms with van der Waals surface area (Å²) in [7, 11) is 0. The van der Waals surface area contributed by atoms with Crippen LogP contribution in [-0.4, -0.2) is 23.6 Å². The SMILES string of the molecule is CC(N)C1CCCCN1c1cccc(C#N)c1[N+](=O)[O-]. The van der Waals surface area contributed by atoms with Gasteiger partial charge in [0, 0.05) is 18.6 Å². The third kappa shape index (κ3) is 2.58. The molecule has 1 fully saturated rings. The molecule has 1 aliphatic heterocycles. The molecule has 2 rings (SSSR count). The van der Waals surface area contributed by atoms with E-state index in [-0.39, 0.29) is 23.3 Å². The van der Waals surface area contributed by atoms with Crippen molar-refractivity contribution in [2.75, 3.05) is 11.4 Å². The highest BCUT2D eigenvalue weighted by Crippen LogP contribution is 2.35. The molecule has 1 aromatic rings. The number of nitrogens with zero attached hydrogens (tertiary/aromatic N) is 3. The molecule has 106 valence electrons. The van der Waals surface area contributed by atoms with E-state index >= 15 is 0 Å². The van der Waals surface area contributed by atoms with E-state index in [1.807, 2.05) is 17.9 Å². The fourth-order valence-electron chi connectivity index (χ4n) is 2.85. The Kier molecular flexibility index (Phi) is 4.20. The van der Waals surface area contributed by atoms with Crippen LogP contribution in [0.25, 0.3) is 0 Å². The van der Waals surface area contributed by atoms with Crippen molar-refractivity contribution >= 4 is 11.4 Å². The number of benzene rings is 1. The lowest BCUT2D eigenvalue weighted by Crippen LogP contribution is -2.49. The number of hydrogen-bond acceptors (Lipinski definition) is 5. The molecule has 2 N–H and O–H groups in total. The largest absolute Gasteiger partial charge is 0.361 e. The van der Waals surface area contributed by atoms with Gasteiger partial charge in [0.05, 0.1) is 4.92 Å². The molecule has 0 saturated carbocycles.